The zero-order valence-corrected chi connectivity index (χ0v) is 23.3. The Balaban J connectivity index is 2.50. The van der Waals surface area contributed by atoms with Crippen LogP contribution in [0.4, 0.5) is 5.69 Å². The van der Waals surface area contributed by atoms with E-state index in [1.807, 2.05) is 33.8 Å². The summed E-state index contributed by atoms with van der Waals surface area (Å²) in [5.74, 6) is -0.844. The number of halogens is 2. The summed E-state index contributed by atoms with van der Waals surface area (Å²) < 4.78 is 26.5. The average molecular weight is 543 g/mol. The van der Waals surface area contributed by atoms with E-state index in [9.17, 15) is 18.0 Å². The van der Waals surface area contributed by atoms with Crippen molar-refractivity contribution in [3.8, 4) is 0 Å². The summed E-state index contributed by atoms with van der Waals surface area (Å²) in [6.45, 7) is 8.81. The quantitative estimate of drug-likeness (QED) is 0.471. The maximum Gasteiger partial charge on any atom is 0.244 e. The predicted octanol–water partition coefficient (Wildman–Crippen LogP) is 4.71. The molecule has 1 N–H and O–H groups in total. The van der Waals surface area contributed by atoms with Crippen LogP contribution in [0.2, 0.25) is 10.0 Å². The Kier molecular flexibility index (Phi) is 10.0. The monoisotopic (exact) mass is 541 g/mol. The van der Waals surface area contributed by atoms with Gasteiger partial charge >= 0.3 is 0 Å². The molecule has 0 saturated heterocycles. The van der Waals surface area contributed by atoms with Crippen LogP contribution in [0.5, 0.6) is 0 Å². The van der Waals surface area contributed by atoms with Gasteiger partial charge in [0.1, 0.15) is 12.6 Å². The Labute approximate surface area is 218 Å². The number of amides is 2. The van der Waals surface area contributed by atoms with Gasteiger partial charge in [0.05, 0.1) is 11.9 Å². The van der Waals surface area contributed by atoms with Gasteiger partial charge in [0.25, 0.3) is 0 Å². The highest BCUT2D eigenvalue weighted by Crippen LogP contribution is 2.25. The molecule has 0 aliphatic rings. The van der Waals surface area contributed by atoms with Crippen molar-refractivity contribution < 1.29 is 18.0 Å². The van der Waals surface area contributed by atoms with Gasteiger partial charge in [-0.2, -0.15) is 0 Å². The predicted molar refractivity (Wildman–Crippen MR) is 142 cm³/mol. The fraction of sp³-hybridized carbons (Fsp3) is 0.440. The van der Waals surface area contributed by atoms with Gasteiger partial charge in [0, 0.05) is 22.6 Å². The largest absolute Gasteiger partial charge is 0.352 e. The number of anilines is 1. The normalized spacial score (nSPS) is 12.4. The molecule has 0 saturated carbocycles. The van der Waals surface area contributed by atoms with Crippen molar-refractivity contribution >= 4 is 50.7 Å². The van der Waals surface area contributed by atoms with Gasteiger partial charge < -0.3 is 10.2 Å². The zero-order chi connectivity index (χ0) is 26.5. The molecule has 2 aromatic rings. The summed E-state index contributed by atoms with van der Waals surface area (Å²) in [6.07, 6.45) is 1.39. The molecule has 10 heteroatoms. The summed E-state index contributed by atoms with van der Waals surface area (Å²) in [4.78, 5) is 28.1. The summed E-state index contributed by atoms with van der Waals surface area (Å²) in [5, 5.41) is 3.64. The van der Waals surface area contributed by atoms with Crippen LogP contribution in [0.25, 0.3) is 0 Å². The van der Waals surface area contributed by atoms with E-state index in [0.29, 0.717) is 27.7 Å². The van der Waals surface area contributed by atoms with Crippen molar-refractivity contribution in [2.75, 3.05) is 17.1 Å². The topological polar surface area (TPSA) is 86.8 Å². The number of nitrogens with one attached hydrogen (secondary N) is 1. The smallest absolute Gasteiger partial charge is 0.244 e. The Morgan fingerprint density at radius 2 is 1.69 bits per heavy atom. The number of carbonyl (C=O) groups is 2. The fourth-order valence-electron chi connectivity index (χ4n) is 3.63. The van der Waals surface area contributed by atoms with Crippen LogP contribution in [0.1, 0.15) is 43.9 Å². The van der Waals surface area contributed by atoms with E-state index in [1.54, 1.807) is 37.3 Å². The average Bonchev–Trinajstić information content (AvgIpc) is 2.74. The molecule has 0 bridgehead atoms. The first-order chi connectivity index (χ1) is 16.2. The minimum Gasteiger partial charge on any atom is -0.352 e. The number of benzene rings is 2. The second-order valence-corrected chi connectivity index (χ2v) is 11.6. The second kappa shape index (κ2) is 12.1. The number of rotatable bonds is 10. The standard InChI is InChI=1S/C25H33Cl2N3O4S/c1-7-23(25(32)28-16(2)3)29(14-19-9-10-20(26)13-22(19)27)24(31)15-30(35(6,33)34)21-11-8-17(4)18(5)12-21/h8-13,16,23H,7,14-15H2,1-6H3,(H,28,32). The first-order valence-electron chi connectivity index (χ1n) is 11.3. The highest BCUT2D eigenvalue weighted by Gasteiger charge is 2.32. The minimum absolute atomic E-state index is 0.0172. The van der Waals surface area contributed by atoms with E-state index >= 15 is 0 Å². The van der Waals surface area contributed by atoms with Crippen molar-refractivity contribution in [3.05, 3.63) is 63.1 Å². The van der Waals surface area contributed by atoms with Gasteiger partial charge in [-0.3, -0.25) is 13.9 Å². The van der Waals surface area contributed by atoms with E-state index in [2.05, 4.69) is 5.32 Å². The van der Waals surface area contributed by atoms with E-state index in [1.165, 1.54) is 4.90 Å². The van der Waals surface area contributed by atoms with Crippen molar-refractivity contribution in [1.82, 2.24) is 10.2 Å². The number of nitrogens with zero attached hydrogens (tertiary/aromatic N) is 2. The van der Waals surface area contributed by atoms with Crippen LogP contribution < -0.4 is 9.62 Å². The zero-order valence-electron chi connectivity index (χ0n) is 20.9. The molecule has 2 aromatic carbocycles. The molecule has 0 aliphatic heterocycles. The number of carbonyl (C=O) groups excluding carboxylic acids is 2. The van der Waals surface area contributed by atoms with Gasteiger partial charge in [-0.1, -0.05) is 42.3 Å². The number of hydrogen-bond donors (Lipinski definition) is 1. The van der Waals surface area contributed by atoms with Crippen LogP contribution in [-0.4, -0.2) is 50.0 Å². The maximum absolute atomic E-state index is 13.7. The lowest BCUT2D eigenvalue weighted by molar-refractivity contribution is -0.140. The molecule has 2 amide bonds. The molecule has 0 aliphatic carbocycles. The number of sulfonamides is 1. The van der Waals surface area contributed by atoms with E-state index in [4.69, 9.17) is 23.2 Å². The van der Waals surface area contributed by atoms with E-state index in [0.717, 1.165) is 21.7 Å². The molecular weight excluding hydrogens is 509 g/mol. The van der Waals surface area contributed by atoms with Crippen LogP contribution in [0.3, 0.4) is 0 Å². The van der Waals surface area contributed by atoms with Crippen molar-refractivity contribution in [2.24, 2.45) is 0 Å². The molecule has 1 atom stereocenters. The Bertz CT molecular complexity index is 1190. The Hall–Kier alpha value is -2.29. The van der Waals surface area contributed by atoms with Crippen molar-refractivity contribution in [1.29, 1.82) is 0 Å². The van der Waals surface area contributed by atoms with Crippen LogP contribution >= 0.6 is 23.2 Å². The molecule has 0 spiro atoms. The molecule has 0 aromatic heterocycles. The molecule has 0 radical (unpaired) electrons. The van der Waals surface area contributed by atoms with Crippen LogP contribution in [-0.2, 0) is 26.2 Å². The molecule has 0 heterocycles. The first kappa shape index (κ1) is 28.9. The molecule has 2 rings (SSSR count). The number of aryl methyl sites for hydroxylation is 2. The fourth-order valence-corrected chi connectivity index (χ4v) is 4.94. The highest BCUT2D eigenvalue weighted by atomic mass is 35.5. The van der Waals surface area contributed by atoms with Crippen LogP contribution in [0.15, 0.2) is 36.4 Å². The Morgan fingerprint density at radius 1 is 1.03 bits per heavy atom. The first-order valence-corrected chi connectivity index (χ1v) is 13.9. The molecule has 1 unspecified atom stereocenters. The van der Waals surface area contributed by atoms with Gasteiger partial charge in [0.15, 0.2) is 0 Å². The Morgan fingerprint density at radius 3 is 2.20 bits per heavy atom. The highest BCUT2D eigenvalue weighted by molar-refractivity contribution is 7.92. The second-order valence-electron chi connectivity index (χ2n) is 8.88. The molecular formula is C25H33Cl2N3O4S. The van der Waals surface area contributed by atoms with Crippen molar-refractivity contribution in [2.45, 2.75) is 59.7 Å². The molecule has 35 heavy (non-hydrogen) atoms. The molecule has 0 fully saturated rings. The lowest BCUT2D eigenvalue weighted by Gasteiger charge is -2.33. The minimum atomic E-state index is -3.79. The summed E-state index contributed by atoms with van der Waals surface area (Å²) in [6, 6.07) is 9.16. The maximum atomic E-state index is 13.7. The third-order valence-corrected chi connectivity index (χ3v) is 7.36. The van der Waals surface area contributed by atoms with E-state index in [-0.39, 0.29) is 18.5 Å². The van der Waals surface area contributed by atoms with Gasteiger partial charge in [-0.05, 0) is 75.1 Å². The van der Waals surface area contributed by atoms with Gasteiger partial charge in [-0.15, -0.1) is 0 Å². The van der Waals surface area contributed by atoms with Crippen LogP contribution in [0, 0.1) is 13.8 Å². The number of hydrogen-bond acceptors (Lipinski definition) is 4. The lowest BCUT2D eigenvalue weighted by atomic mass is 10.1. The molecule has 7 nitrogen and oxygen atoms in total. The van der Waals surface area contributed by atoms with Gasteiger partial charge in [0.2, 0.25) is 21.8 Å². The summed E-state index contributed by atoms with van der Waals surface area (Å²) >= 11 is 12.4. The third kappa shape index (κ3) is 7.85. The van der Waals surface area contributed by atoms with Gasteiger partial charge in [-0.25, -0.2) is 8.42 Å². The molecule has 192 valence electrons. The van der Waals surface area contributed by atoms with Crippen molar-refractivity contribution in [3.63, 3.8) is 0 Å². The van der Waals surface area contributed by atoms with E-state index < -0.39 is 28.5 Å². The summed E-state index contributed by atoms with van der Waals surface area (Å²) in [7, 11) is -3.79. The lowest BCUT2D eigenvalue weighted by Crippen LogP contribution is -2.53. The SMILES string of the molecule is CCC(C(=O)NC(C)C)N(Cc1ccc(Cl)cc1Cl)C(=O)CN(c1ccc(C)c(C)c1)S(C)(=O)=O. The summed E-state index contributed by atoms with van der Waals surface area (Å²) in [5.41, 5.74) is 2.88. The third-order valence-electron chi connectivity index (χ3n) is 5.63.